The fourth-order valence-electron chi connectivity index (χ4n) is 1.28. The van der Waals surface area contributed by atoms with Crippen LogP contribution < -0.4 is 5.73 Å². The van der Waals surface area contributed by atoms with Gasteiger partial charge < -0.3 is 5.73 Å². The molecule has 1 aromatic heterocycles. The fraction of sp³-hybridized carbons (Fsp3) is 0.0909. The van der Waals surface area contributed by atoms with Crippen molar-refractivity contribution in [3.63, 3.8) is 0 Å². The summed E-state index contributed by atoms with van der Waals surface area (Å²) in [4.78, 5) is 8.74. The van der Waals surface area contributed by atoms with Crippen molar-refractivity contribution in [1.82, 2.24) is 9.97 Å². The summed E-state index contributed by atoms with van der Waals surface area (Å²) in [6, 6.07) is 7.82. The first-order chi connectivity index (χ1) is 6.90. The monoisotopic (exact) mass is 185 g/mol. The van der Waals surface area contributed by atoms with Crippen molar-refractivity contribution in [1.29, 1.82) is 0 Å². The van der Waals surface area contributed by atoms with Gasteiger partial charge in [-0.15, -0.1) is 0 Å². The van der Waals surface area contributed by atoms with Crippen LogP contribution in [0.5, 0.6) is 0 Å². The first-order valence-electron chi connectivity index (χ1n) is 4.47. The van der Waals surface area contributed by atoms with Crippen LogP contribution in [0.25, 0.3) is 11.0 Å². The summed E-state index contributed by atoms with van der Waals surface area (Å²) in [6.07, 6.45) is 5.90. The number of rotatable bonds is 2. The lowest BCUT2D eigenvalue weighted by atomic mass is 10.2. The second-order valence-electron chi connectivity index (χ2n) is 2.98. The molecule has 70 valence electrons. The Morgan fingerprint density at radius 3 is 2.79 bits per heavy atom. The average Bonchev–Trinajstić information content (AvgIpc) is 2.26. The van der Waals surface area contributed by atoms with E-state index in [0.717, 1.165) is 23.1 Å². The van der Waals surface area contributed by atoms with Crippen molar-refractivity contribution in [3.05, 3.63) is 48.4 Å². The van der Waals surface area contributed by atoms with Gasteiger partial charge in [0.05, 0.1) is 16.7 Å². The van der Waals surface area contributed by atoms with Crippen LogP contribution in [0.1, 0.15) is 5.69 Å². The molecule has 0 unspecified atom stereocenters. The van der Waals surface area contributed by atoms with E-state index in [1.807, 2.05) is 30.3 Å². The van der Waals surface area contributed by atoms with Gasteiger partial charge in [0, 0.05) is 12.6 Å². The molecule has 0 atom stereocenters. The van der Waals surface area contributed by atoms with Crippen LogP contribution in [0.4, 0.5) is 0 Å². The molecule has 2 rings (SSSR count). The van der Waals surface area contributed by atoms with Crippen LogP contribution in [0.2, 0.25) is 0 Å². The van der Waals surface area contributed by atoms with Crippen molar-refractivity contribution >= 4 is 11.0 Å². The number of para-hydroxylation sites is 2. The van der Waals surface area contributed by atoms with Gasteiger partial charge >= 0.3 is 0 Å². The average molecular weight is 185 g/mol. The zero-order chi connectivity index (χ0) is 9.80. The molecular weight excluding hydrogens is 174 g/mol. The summed E-state index contributed by atoms with van der Waals surface area (Å²) in [5.74, 6) is 0. The third-order valence-corrected chi connectivity index (χ3v) is 1.96. The van der Waals surface area contributed by atoms with Gasteiger partial charge in [0.1, 0.15) is 0 Å². The Labute approximate surface area is 82.3 Å². The van der Waals surface area contributed by atoms with Crippen molar-refractivity contribution in [2.24, 2.45) is 5.73 Å². The predicted molar refractivity (Wildman–Crippen MR) is 56.6 cm³/mol. The second kappa shape index (κ2) is 3.87. The van der Waals surface area contributed by atoms with Crippen LogP contribution in [0.15, 0.2) is 42.7 Å². The third kappa shape index (κ3) is 1.71. The van der Waals surface area contributed by atoms with E-state index in [9.17, 15) is 0 Å². The molecule has 0 radical (unpaired) electrons. The molecule has 0 amide bonds. The maximum Gasteiger partial charge on any atom is 0.0890 e. The predicted octanol–water partition coefficient (Wildman–Crippen LogP) is 1.64. The van der Waals surface area contributed by atoms with Gasteiger partial charge in [0.25, 0.3) is 0 Å². The topological polar surface area (TPSA) is 51.8 Å². The van der Waals surface area contributed by atoms with Crippen molar-refractivity contribution in [2.45, 2.75) is 6.42 Å². The fourth-order valence-corrected chi connectivity index (χ4v) is 1.28. The Morgan fingerprint density at radius 2 is 2.00 bits per heavy atom. The summed E-state index contributed by atoms with van der Waals surface area (Å²) >= 11 is 0. The Kier molecular flexibility index (Phi) is 2.40. The van der Waals surface area contributed by atoms with Crippen LogP contribution in [-0.2, 0) is 6.42 Å². The van der Waals surface area contributed by atoms with Crippen molar-refractivity contribution in [3.8, 4) is 0 Å². The largest absolute Gasteiger partial charge is 0.405 e. The number of nitrogens with zero attached hydrogens (tertiary/aromatic N) is 2. The van der Waals surface area contributed by atoms with Crippen molar-refractivity contribution in [2.75, 3.05) is 0 Å². The number of hydrogen-bond donors (Lipinski definition) is 1. The van der Waals surface area contributed by atoms with E-state index < -0.39 is 0 Å². The quantitative estimate of drug-likeness (QED) is 0.773. The molecule has 0 spiro atoms. The summed E-state index contributed by atoms with van der Waals surface area (Å²) in [5.41, 5.74) is 8.05. The van der Waals surface area contributed by atoms with Crippen molar-refractivity contribution < 1.29 is 0 Å². The highest BCUT2D eigenvalue weighted by Gasteiger charge is 1.96. The summed E-state index contributed by atoms with van der Waals surface area (Å²) in [5, 5.41) is 0. The van der Waals surface area contributed by atoms with Crippen LogP contribution in [-0.4, -0.2) is 9.97 Å². The number of aromatic nitrogens is 2. The molecule has 0 saturated heterocycles. The molecule has 3 heteroatoms. The molecule has 0 saturated carbocycles. The molecule has 2 N–H and O–H groups in total. The Balaban J connectivity index is 2.41. The number of hydrogen-bond acceptors (Lipinski definition) is 3. The minimum Gasteiger partial charge on any atom is -0.405 e. The van der Waals surface area contributed by atoms with E-state index in [1.165, 1.54) is 6.20 Å². The van der Waals surface area contributed by atoms with E-state index in [2.05, 4.69) is 9.97 Å². The highest BCUT2D eigenvalue weighted by molar-refractivity contribution is 5.73. The van der Waals surface area contributed by atoms with E-state index in [-0.39, 0.29) is 0 Å². The first-order valence-corrected chi connectivity index (χ1v) is 4.47. The lowest BCUT2D eigenvalue weighted by Gasteiger charge is -1.98. The maximum absolute atomic E-state index is 5.26. The van der Waals surface area contributed by atoms with Gasteiger partial charge in [0.2, 0.25) is 0 Å². The summed E-state index contributed by atoms with van der Waals surface area (Å²) in [7, 11) is 0. The highest BCUT2D eigenvalue weighted by atomic mass is 14.8. The van der Waals surface area contributed by atoms with Gasteiger partial charge in [0.15, 0.2) is 0 Å². The Bertz CT molecular complexity index is 463. The normalized spacial score (nSPS) is 11.1. The molecule has 0 fully saturated rings. The minimum absolute atomic E-state index is 0.730. The highest BCUT2D eigenvalue weighted by Crippen LogP contribution is 2.08. The zero-order valence-electron chi connectivity index (χ0n) is 7.72. The molecule has 0 aliphatic rings. The molecule has 0 bridgehead atoms. The van der Waals surface area contributed by atoms with Gasteiger partial charge in [-0.1, -0.05) is 18.2 Å². The number of allylic oxidation sites excluding steroid dienone is 1. The minimum atomic E-state index is 0.730. The SMILES string of the molecule is NC=CCc1cnc2ccccc2n1. The summed E-state index contributed by atoms with van der Waals surface area (Å²) < 4.78 is 0. The van der Waals surface area contributed by atoms with E-state index >= 15 is 0 Å². The molecule has 0 aliphatic heterocycles. The molecule has 1 aromatic carbocycles. The van der Waals surface area contributed by atoms with E-state index in [0.29, 0.717) is 0 Å². The Morgan fingerprint density at radius 1 is 1.21 bits per heavy atom. The van der Waals surface area contributed by atoms with Crippen LogP contribution in [0, 0.1) is 0 Å². The lowest BCUT2D eigenvalue weighted by molar-refractivity contribution is 1.10. The molecule has 14 heavy (non-hydrogen) atoms. The van der Waals surface area contributed by atoms with Crippen LogP contribution in [0.3, 0.4) is 0 Å². The molecule has 0 aliphatic carbocycles. The second-order valence-corrected chi connectivity index (χ2v) is 2.98. The zero-order valence-corrected chi connectivity index (χ0v) is 7.72. The molecule has 1 heterocycles. The van der Waals surface area contributed by atoms with Gasteiger partial charge in [-0.05, 0) is 18.3 Å². The molecule has 2 aromatic rings. The number of nitrogens with two attached hydrogens (primary N) is 1. The Hall–Kier alpha value is -1.90. The van der Waals surface area contributed by atoms with E-state index in [1.54, 1.807) is 6.20 Å². The van der Waals surface area contributed by atoms with E-state index in [4.69, 9.17) is 5.73 Å². The third-order valence-electron chi connectivity index (χ3n) is 1.96. The summed E-state index contributed by atoms with van der Waals surface area (Å²) in [6.45, 7) is 0. The molecular formula is C11H11N3. The standard InChI is InChI=1S/C11H11N3/c12-7-3-4-9-8-13-10-5-1-2-6-11(10)14-9/h1-3,5-8H,4,12H2. The van der Waals surface area contributed by atoms with Crippen LogP contribution >= 0.6 is 0 Å². The van der Waals surface area contributed by atoms with Gasteiger partial charge in [-0.2, -0.15) is 0 Å². The smallest absolute Gasteiger partial charge is 0.0890 e. The van der Waals surface area contributed by atoms with Gasteiger partial charge in [-0.25, -0.2) is 4.98 Å². The lowest BCUT2D eigenvalue weighted by Crippen LogP contribution is -1.91. The number of benzene rings is 1. The first kappa shape index (κ1) is 8.69. The van der Waals surface area contributed by atoms with Gasteiger partial charge in [-0.3, -0.25) is 4.98 Å². The number of fused-ring (bicyclic) bond motifs is 1. The maximum atomic E-state index is 5.26. The molecule has 3 nitrogen and oxygen atoms in total.